The van der Waals surface area contributed by atoms with Crippen LogP contribution in [0.15, 0.2) is 66.0 Å². The third kappa shape index (κ3) is 5.86. The molecule has 0 atom stereocenters. The minimum absolute atomic E-state index is 0.0558. The van der Waals surface area contributed by atoms with Crippen molar-refractivity contribution in [2.24, 2.45) is 0 Å². The number of anilines is 2. The van der Waals surface area contributed by atoms with Gasteiger partial charge in [-0.15, -0.1) is 11.3 Å². The summed E-state index contributed by atoms with van der Waals surface area (Å²) in [5, 5.41) is 7.42. The van der Waals surface area contributed by atoms with Gasteiger partial charge in [-0.25, -0.2) is 0 Å². The maximum absolute atomic E-state index is 12.3. The average molecular weight is 407 g/mol. The molecule has 2 N–H and O–H groups in total. The third-order valence-electron chi connectivity index (χ3n) is 4.41. The van der Waals surface area contributed by atoms with E-state index >= 15 is 0 Å². The first-order valence-electron chi connectivity index (χ1n) is 9.42. The number of rotatable bonds is 8. The zero-order valence-electron chi connectivity index (χ0n) is 16.1. The lowest BCUT2D eigenvalue weighted by molar-refractivity contribution is -0.116. The number of benzene rings is 2. The Labute approximate surface area is 173 Å². The Morgan fingerprint density at radius 1 is 0.862 bits per heavy atom. The highest BCUT2D eigenvalue weighted by atomic mass is 32.1. The Bertz CT molecular complexity index is 995. The van der Waals surface area contributed by atoms with E-state index in [9.17, 15) is 14.4 Å². The standard InChI is InChI=1S/C23H22N2O3S/c1-2-16-8-10-17(11-9-16)20(26)12-13-22(27)24-18-5-3-6-19(15-18)25-23(28)21-7-4-14-29-21/h3-11,14-15H,2,12-13H2,1H3,(H,24,27)(H,25,28). The molecule has 0 aliphatic rings. The zero-order chi connectivity index (χ0) is 20.6. The molecule has 0 unspecified atom stereocenters. The van der Waals surface area contributed by atoms with Gasteiger partial charge in [-0.1, -0.05) is 43.3 Å². The number of amides is 2. The van der Waals surface area contributed by atoms with Crippen molar-refractivity contribution in [1.82, 2.24) is 0 Å². The number of hydrogen-bond donors (Lipinski definition) is 2. The van der Waals surface area contributed by atoms with Crippen molar-refractivity contribution in [1.29, 1.82) is 0 Å². The second-order valence-corrected chi connectivity index (χ2v) is 7.48. The maximum Gasteiger partial charge on any atom is 0.265 e. The van der Waals surface area contributed by atoms with Crippen molar-refractivity contribution < 1.29 is 14.4 Å². The van der Waals surface area contributed by atoms with Crippen LogP contribution in [0, 0.1) is 0 Å². The van der Waals surface area contributed by atoms with E-state index in [1.165, 1.54) is 16.9 Å². The molecule has 1 heterocycles. The molecule has 0 radical (unpaired) electrons. The third-order valence-corrected chi connectivity index (χ3v) is 5.28. The molecule has 5 nitrogen and oxygen atoms in total. The molecule has 0 aliphatic heterocycles. The van der Waals surface area contributed by atoms with E-state index in [4.69, 9.17) is 0 Å². The summed E-state index contributed by atoms with van der Waals surface area (Å²) in [5.74, 6) is -0.492. The van der Waals surface area contributed by atoms with Crippen LogP contribution in [0.5, 0.6) is 0 Å². The van der Waals surface area contributed by atoms with Crippen LogP contribution >= 0.6 is 11.3 Å². The van der Waals surface area contributed by atoms with Gasteiger partial charge in [-0.2, -0.15) is 0 Å². The molecule has 1 aromatic heterocycles. The normalized spacial score (nSPS) is 10.4. The highest BCUT2D eigenvalue weighted by Gasteiger charge is 2.11. The number of aryl methyl sites for hydroxylation is 1. The molecule has 0 saturated heterocycles. The van der Waals surface area contributed by atoms with Crippen LogP contribution in [0.25, 0.3) is 0 Å². The minimum atomic E-state index is -0.245. The number of carbonyl (C=O) groups is 3. The van der Waals surface area contributed by atoms with Gasteiger partial charge in [-0.05, 0) is 41.6 Å². The molecule has 2 amide bonds. The van der Waals surface area contributed by atoms with Crippen molar-refractivity contribution in [2.45, 2.75) is 26.2 Å². The molecule has 0 fully saturated rings. The van der Waals surface area contributed by atoms with Crippen LogP contribution in [0.4, 0.5) is 11.4 Å². The maximum atomic E-state index is 12.3. The fourth-order valence-corrected chi connectivity index (χ4v) is 3.42. The molecule has 148 valence electrons. The lowest BCUT2D eigenvalue weighted by atomic mass is 10.0. The molecule has 0 bridgehead atoms. The molecule has 0 spiro atoms. The number of carbonyl (C=O) groups excluding carboxylic acids is 3. The monoisotopic (exact) mass is 406 g/mol. The van der Waals surface area contributed by atoms with E-state index in [0.717, 1.165) is 6.42 Å². The lowest BCUT2D eigenvalue weighted by Crippen LogP contribution is -2.14. The van der Waals surface area contributed by atoms with Gasteiger partial charge in [0.1, 0.15) is 0 Å². The second-order valence-electron chi connectivity index (χ2n) is 6.53. The first-order chi connectivity index (χ1) is 14.0. The summed E-state index contributed by atoms with van der Waals surface area (Å²) in [6.45, 7) is 2.06. The fraction of sp³-hybridized carbons (Fsp3) is 0.174. The average Bonchev–Trinajstić information content (AvgIpc) is 3.27. The summed E-state index contributed by atoms with van der Waals surface area (Å²) in [6, 6.07) is 18.0. The first kappa shape index (κ1) is 20.5. The Balaban J connectivity index is 1.52. The van der Waals surface area contributed by atoms with Crippen LogP contribution in [0.3, 0.4) is 0 Å². The Kier molecular flexibility index (Phi) is 6.92. The predicted octanol–water partition coefficient (Wildman–Crippen LogP) is 5.16. The molecular formula is C23H22N2O3S. The second kappa shape index (κ2) is 9.80. The van der Waals surface area contributed by atoms with Crippen molar-refractivity contribution in [3.05, 3.63) is 82.0 Å². The van der Waals surface area contributed by atoms with Gasteiger partial charge >= 0.3 is 0 Å². The largest absolute Gasteiger partial charge is 0.326 e. The van der Waals surface area contributed by atoms with Gasteiger partial charge in [0.05, 0.1) is 4.88 Å². The Morgan fingerprint density at radius 2 is 1.59 bits per heavy atom. The number of Topliss-reactive ketones (excluding diaryl/α,β-unsaturated/α-hetero) is 1. The summed E-state index contributed by atoms with van der Waals surface area (Å²) in [7, 11) is 0. The van der Waals surface area contributed by atoms with Crippen LogP contribution in [-0.4, -0.2) is 17.6 Å². The van der Waals surface area contributed by atoms with Gasteiger partial charge in [0.25, 0.3) is 5.91 Å². The molecule has 3 aromatic rings. The predicted molar refractivity (Wildman–Crippen MR) is 117 cm³/mol. The fourth-order valence-electron chi connectivity index (χ4n) is 2.80. The lowest BCUT2D eigenvalue weighted by Gasteiger charge is -2.08. The highest BCUT2D eigenvalue weighted by molar-refractivity contribution is 7.12. The van der Waals surface area contributed by atoms with E-state index in [1.54, 1.807) is 42.5 Å². The SMILES string of the molecule is CCc1ccc(C(=O)CCC(=O)Nc2cccc(NC(=O)c3cccs3)c2)cc1. The number of thiophene rings is 1. The topological polar surface area (TPSA) is 75.3 Å². The van der Waals surface area contributed by atoms with Gasteiger partial charge < -0.3 is 10.6 Å². The highest BCUT2D eigenvalue weighted by Crippen LogP contribution is 2.18. The smallest absolute Gasteiger partial charge is 0.265 e. The van der Waals surface area contributed by atoms with Crippen LogP contribution in [0.2, 0.25) is 0 Å². The van der Waals surface area contributed by atoms with E-state index < -0.39 is 0 Å². The number of nitrogens with one attached hydrogen (secondary N) is 2. The molecule has 29 heavy (non-hydrogen) atoms. The summed E-state index contributed by atoms with van der Waals surface area (Å²) in [6.07, 6.45) is 1.16. The van der Waals surface area contributed by atoms with Crippen molar-refractivity contribution in [2.75, 3.05) is 10.6 Å². The van der Waals surface area contributed by atoms with Crippen molar-refractivity contribution in [3.8, 4) is 0 Å². The summed E-state index contributed by atoms with van der Waals surface area (Å²) in [5.41, 5.74) is 2.95. The van der Waals surface area contributed by atoms with E-state index in [1.807, 2.05) is 23.6 Å². The molecule has 3 rings (SSSR count). The first-order valence-corrected chi connectivity index (χ1v) is 10.3. The van der Waals surface area contributed by atoms with Crippen molar-refractivity contribution >= 4 is 40.3 Å². The van der Waals surface area contributed by atoms with Gasteiger partial charge in [-0.3, -0.25) is 14.4 Å². The molecule has 2 aromatic carbocycles. The van der Waals surface area contributed by atoms with Crippen LogP contribution in [0.1, 0.15) is 45.4 Å². The van der Waals surface area contributed by atoms with Crippen LogP contribution in [-0.2, 0) is 11.2 Å². The summed E-state index contributed by atoms with van der Waals surface area (Å²) >= 11 is 1.36. The van der Waals surface area contributed by atoms with Gasteiger partial charge in [0.2, 0.25) is 5.91 Å². The van der Waals surface area contributed by atoms with Gasteiger partial charge in [0.15, 0.2) is 5.78 Å². The summed E-state index contributed by atoms with van der Waals surface area (Å²) < 4.78 is 0. The van der Waals surface area contributed by atoms with E-state index in [-0.39, 0.29) is 30.4 Å². The molecule has 6 heteroatoms. The van der Waals surface area contributed by atoms with Gasteiger partial charge in [0, 0.05) is 29.8 Å². The van der Waals surface area contributed by atoms with Crippen molar-refractivity contribution in [3.63, 3.8) is 0 Å². The van der Waals surface area contributed by atoms with E-state index in [2.05, 4.69) is 17.6 Å². The summed E-state index contributed by atoms with van der Waals surface area (Å²) in [4.78, 5) is 37.2. The number of hydrogen-bond acceptors (Lipinski definition) is 4. The zero-order valence-corrected chi connectivity index (χ0v) is 16.9. The van der Waals surface area contributed by atoms with E-state index in [0.29, 0.717) is 21.8 Å². The molecular weight excluding hydrogens is 384 g/mol. The Morgan fingerprint density at radius 3 is 2.24 bits per heavy atom. The van der Waals surface area contributed by atoms with Crippen LogP contribution < -0.4 is 10.6 Å². The minimum Gasteiger partial charge on any atom is -0.326 e. The number of ketones is 1. The Hall–Kier alpha value is -3.25. The molecule has 0 aliphatic carbocycles. The molecule has 0 saturated carbocycles. The quantitative estimate of drug-likeness (QED) is 0.507.